The van der Waals surface area contributed by atoms with E-state index in [0.29, 0.717) is 12.1 Å². The van der Waals surface area contributed by atoms with Crippen LogP contribution in [0.4, 0.5) is 4.39 Å². The molecule has 0 heterocycles. The number of hydrogen-bond acceptors (Lipinski definition) is 2. The molecule has 4 heteroatoms. The number of carbonyl (C=O) groups is 1. The number of likely N-dealkylation sites (N-methyl/N-ethyl adjacent to an activating group) is 1. The van der Waals surface area contributed by atoms with Crippen LogP contribution in [0.15, 0.2) is 24.3 Å². The van der Waals surface area contributed by atoms with Crippen LogP contribution in [0.5, 0.6) is 0 Å². The second kappa shape index (κ2) is 6.50. The highest BCUT2D eigenvalue weighted by Crippen LogP contribution is 2.12. The first kappa shape index (κ1) is 14.6. The monoisotopic (exact) mass is 252 g/mol. The molecular formula is C14H21FN2O. The van der Waals surface area contributed by atoms with Crippen LogP contribution in [0.1, 0.15) is 26.3 Å². The molecule has 1 rings (SSSR count). The maximum atomic E-state index is 13.5. The molecule has 0 saturated carbocycles. The Bertz CT molecular complexity index is 407. The van der Waals surface area contributed by atoms with Gasteiger partial charge in [-0.1, -0.05) is 32.0 Å². The lowest BCUT2D eigenvalue weighted by Gasteiger charge is -2.26. The van der Waals surface area contributed by atoms with E-state index in [1.807, 2.05) is 20.8 Å². The first-order valence-corrected chi connectivity index (χ1v) is 6.25. The Hall–Kier alpha value is -1.42. The zero-order valence-corrected chi connectivity index (χ0v) is 11.2. The van der Waals surface area contributed by atoms with Crippen LogP contribution in [-0.4, -0.2) is 23.4 Å². The van der Waals surface area contributed by atoms with Gasteiger partial charge in [0.1, 0.15) is 5.82 Å². The molecule has 0 radical (unpaired) electrons. The van der Waals surface area contributed by atoms with E-state index in [0.717, 1.165) is 0 Å². The fourth-order valence-electron chi connectivity index (χ4n) is 1.67. The molecule has 0 aliphatic carbocycles. The van der Waals surface area contributed by atoms with Crippen molar-refractivity contribution in [1.82, 2.24) is 4.90 Å². The average Bonchev–Trinajstić information content (AvgIpc) is 2.36. The number of benzene rings is 1. The highest BCUT2D eigenvalue weighted by molar-refractivity contribution is 5.81. The summed E-state index contributed by atoms with van der Waals surface area (Å²) in [5.74, 6) is -0.343. The lowest BCUT2D eigenvalue weighted by atomic mass is 10.0. The highest BCUT2D eigenvalue weighted by atomic mass is 19.1. The molecule has 1 atom stereocenters. The van der Waals surface area contributed by atoms with Crippen molar-refractivity contribution in [2.75, 3.05) is 6.54 Å². The van der Waals surface area contributed by atoms with Crippen molar-refractivity contribution in [2.24, 2.45) is 11.7 Å². The minimum atomic E-state index is -0.531. The van der Waals surface area contributed by atoms with Gasteiger partial charge in [0, 0.05) is 18.7 Å². The molecule has 3 nitrogen and oxygen atoms in total. The Morgan fingerprint density at radius 2 is 2.00 bits per heavy atom. The maximum Gasteiger partial charge on any atom is 0.240 e. The summed E-state index contributed by atoms with van der Waals surface area (Å²) in [6, 6.07) is 5.95. The molecular weight excluding hydrogens is 231 g/mol. The molecule has 1 unspecified atom stereocenters. The molecule has 1 aromatic rings. The van der Waals surface area contributed by atoms with Gasteiger partial charge in [0.15, 0.2) is 0 Å². The van der Waals surface area contributed by atoms with Crippen molar-refractivity contribution >= 4 is 5.91 Å². The number of carbonyl (C=O) groups excluding carboxylic acids is 1. The van der Waals surface area contributed by atoms with Gasteiger partial charge in [-0.2, -0.15) is 0 Å². The third-order valence-corrected chi connectivity index (χ3v) is 3.02. The number of amides is 1. The Kier molecular flexibility index (Phi) is 5.28. The largest absolute Gasteiger partial charge is 0.337 e. The third kappa shape index (κ3) is 3.53. The van der Waals surface area contributed by atoms with Gasteiger partial charge in [0.05, 0.1) is 6.04 Å². The Balaban J connectivity index is 2.80. The Labute approximate surface area is 108 Å². The van der Waals surface area contributed by atoms with E-state index in [1.54, 1.807) is 23.1 Å². The van der Waals surface area contributed by atoms with Crippen LogP contribution in [-0.2, 0) is 11.3 Å². The molecule has 0 aliphatic heterocycles. The maximum absolute atomic E-state index is 13.5. The molecule has 0 spiro atoms. The van der Waals surface area contributed by atoms with Crippen LogP contribution >= 0.6 is 0 Å². The number of nitrogens with zero attached hydrogens (tertiary/aromatic N) is 1. The van der Waals surface area contributed by atoms with Crippen molar-refractivity contribution < 1.29 is 9.18 Å². The third-order valence-electron chi connectivity index (χ3n) is 3.02. The SMILES string of the molecule is CCN(Cc1ccccc1F)C(=O)C(N)C(C)C. The fourth-order valence-corrected chi connectivity index (χ4v) is 1.67. The standard InChI is InChI=1S/C14H21FN2O/c1-4-17(14(18)13(16)10(2)3)9-11-7-5-6-8-12(11)15/h5-8,10,13H,4,9,16H2,1-3H3. The number of rotatable bonds is 5. The summed E-state index contributed by atoms with van der Waals surface area (Å²) < 4.78 is 13.5. The zero-order valence-electron chi connectivity index (χ0n) is 11.2. The van der Waals surface area contributed by atoms with Gasteiger partial charge >= 0.3 is 0 Å². The molecule has 1 aromatic carbocycles. The van der Waals surface area contributed by atoms with E-state index in [1.165, 1.54) is 6.07 Å². The van der Waals surface area contributed by atoms with Gasteiger partial charge in [-0.25, -0.2) is 4.39 Å². The average molecular weight is 252 g/mol. The molecule has 1 amide bonds. The van der Waals surface area contributed by atoms with E-state index in [2.05, 4.69) is 0 Å². The second-order valence-corrected chi connectivity index (χ2v) is 4.71. The van der Waals surface area contributed by atoms with E-state index in [-0.39, 0.29) is 24.2 Å². The summed E-state index contributed by atoms with van der Waals surface area (Å²) in [5.41, 5.74) is 6.36. The Morgan fingerprint density at radius 1 is 1.39 bits per heavy atom. The second-order valence-electron chi connectivity index (χ2n) is 4.71. The van der Waals surface area contributed by atoms with Crippen molar-refractivity contribution in [3.63, 3.8) is 0 Å². The van der Waals surface area contributed by atoms with Crippen LogP contribution in [0.2, 0.25) is 0 Å². The predicted molar refractivity (Wildman–Crippen MR) is 70.3 cm³/mol. The summed E-state index contributed by atoms with van der Waals surface area (Å²) in [7, 11) is 0. The van der Waals surface area contributed by atoms with Crippen LogP contribution < -0.4 is 5.73 Å². The van der Waals surface area contributed by atoms with Crippen molar-refractivity contribution in [3.05, 3.63) is 35.6 Å². The smallest absolute Gasteiger partial charge is 0.240 e. The molecule has 18 heavy (non-hydrogen) atoms. The summed E-state index contributed by atoms with van der Waals surface area (Å²) in [4.78, 5) is 13.7. The minimum absolute atomic E-state index is 0.0761. The molecule has 0 fully saturated rings. The van der Waals surface area contributed by atoms with Gasteiger partial charge in [0.25, 0.3) is 0 Å². The minimum Gasteiger partial charge on any atom is -0.337 e. The summed E-state index contributed by atoms with van der Waals surface area (Å²) in [6.45, 7) is 6.46. The zero-order chi connectivity index (χ0) is 13.7. The Morgan fingerprint density at radius 3 is 2.50 bits per heavy atom. The van der Waals surface area contributed by atoms with Crippen LogP contribution in [0.3, 0.4) is 0 Å². The van der Waals surface area contributed by atoms with Gasteiger partial charge in [-0.3, -0.25) is 4.79 Å². The molecule has 0 aliphatic rings. The predicted octanol–water partition coefficient (Wildman–Crippen LogP) is 2.16. The van der Waals surface area contributed by atoms with E-state index in [9.17, 15) is 9.18 Å². The summed E-state index contributed by atoms with van der Waals surface area (Å²) in [5, 5.41) is 0. The van der Waals surface area contributed by atoms with Gasteiger partial charge in [0.2, 0.25) is 5.91 Å². The van der Waals surface area contributed by atoms with Crippen molar-refractivity contribution in [1.29, 1.82) is 0 Å². The molecule has 0 aromatic heterocycles. The summed E-state index contributed by atoms with van der Waals surface area (Å²) >= 11 is 0. The van der Waals surface area contributed by atoms with Crippen LogP contribution in [0.25, 0.3) is 0 Å². The molecule has 2 N–H and O–H groups in total. The van der Waals surface area contributed by atoms with Crippen molar-refractivity contribution in [2.45, 2.75) is 33.4 Å². The number of hydrogen-bond donors (Lipinski definition) is 1. The van der Waals surface area contributed by atoms with Gasteiger partial charge < -0.3 is 10.6 Å². The first-order valence-electron chi connectivity index (χ1n) is 6.25. The molecule has 100 valence electrons. The molecule has 0 saturated heterocycles. The first-order chi connectivity index (χ1) is 8.47. The number of nitrogens with two attached hydrogens (primary N) is 1. The van der Waals surface area contributed by atoms with Crippen molar-refractivity contribution in [3.8, 4) is 0 Å². The quantitative estimate of drug-likeness (QED) is 0.873. The topological polar surface area (TPSA) is 46.3 Å². The summed E-state index contributed by atoms with van der Waals surface area (Å²) in [6.07, 6.45) is 0. The lowest BCUT2D eigenvalue weighted by Crippen LogP contribution is -2.46. The normalized spacial score (nSPS) is 12.6. The van der Waals surface area contributed by atoms with E-state index >= 15 is 0 Å². The van der Waals surface area contributed by atoms with Crippen LogP contribution in [0, 0.1) is 11.7 Å². The molecule has 0 bridgehead atoms. The van der Waals surface area contributed by atoms with E-state index < -0.39 is 6.04 Å². The van der Waals surface area contributed by atoms with Gasteiger partial charge in [-0.05, 0) is 18.9 Å². The number of halogens is 1. The highest BCUT2D eigenvalue weighted by Gasteiger charge is 2.23. The fraction of sp³-hybridized carbons (Fsp3) is 0.500. The van der Waals surface area contributed by atoms with Gasteiger partial charge in [-0.15, -0.1) is 0 Å². The lowest BCUT2D eigenvalue weighted by molar-refractivity contribution is -0.134. The van der Waals surface area contributed by atoms with E-state index in [4.69, 9.17) is 5.73 Å².